The molecular formula is C18H22N2O2. The van der Waals surface area contributed by atoms with Gasteiger partial charge in [0.1, 0.15) is 11.5 Å². The van der Waals surface area contributed by atoms with E-state index in [4.69, 9.17) is 9.47 Å². The SMILES string of the molecule is COc1ccc(N[C@@H]2C[C@@H](C)Nc3ccc(OC)cc32)cc1. The highest BCUT2D eigenvalue weighted by Gasteiger charge is 2.24. The zero-order valence-corrected chi connectivity index (χ0v) is 13.2. The molecule has 0 aromatic heterocycles. The zero-order valence-electron chi connectivity index (χ0n) is 13.2. The minimum atomic E-state index is 0.259. The summed E-state index contributed by atoms with van der Waals surface area (Å²) in [4.78, 5) is 0. The van der Waals surface area contributed by atoms with E-state index in [9.17, 15) is 0 Å². The van der Waals surface area contributed by atoms with Crippen LogP contribution in [0.3, 0.4) is 0 Å². The fraction of sp³-hybridized carbons (Fsp3) is 0.333. The molecule has 0 spiro atoms. The van der Waals surface area contributed by atoms with Gasteiger partial charge in [0.05, 0.1) is 20.3 Å². The molecule has 0 saturated heterocycles. The van der Waals surface area contributed by atoms with Crippen molar-refractivity contribution in [1.29, 1.82) is 0 Å². The van der Waals surface area contributed by atoms with Crippen LogP contribution in [0.15, 0.2) is 42.5 Å². The summed E-state index contributed by atoms with van der Waals surface area (Å²) in [6.07, 6.45) is 1.02. The van der Waals surface area contributed by atoms with E-state index >= 15 is 0 Å². The summed E-state index contributed by atoms with van der Waals surface area (Å²) in [7, 11) is 3.38. The molecule has 1 heterocycles. The van der Waals surface area contributed by atoms with E-state index in [-0.39, 0.29) is 6.04 Å². The molecular weight excluding hydrogens is 276 g/mol. The summed E-state index contributed by atoms with van der Waals surface area (Å²) in [5.41, 5.74) is 3.51. The van der Waals surface area contributed by atoms with Crippen molar-refractivity contribution in [2.24, 2.45) is 0 Å². The number of rotatable bonds is 4. The Bertz CT molecular complexity index is 640. The minimum Gasteiger partial charge on any atom is -0.497 e. The third-order valence-corrected chi connectivity index (χ3v) is 4.06. The Hall–Kier alpha value is -2.36. The van der Waals surface area contributed by atoms with Crippen LogP contribution in [0, 0.1) is 0 Å². The molecule has 2 aromatic carbocycles. The molecule has 4 heteroatoms. The molecule has 0 unspecified atom stereocenters. The highest BCUT2D eigenvalue weighted by atomic mass is 16.5. The van der Waals surface area contributed by atoms with Crippen molar-refractivity contribution in [3.8, 4) is 11.5 Å². The average Bonchev–Trinajstić information content (AvgIpc) is 2.55. The lowest BCUT2D eigenvalue weighted by atomic mass is 9.93. The maximum Gasteiger partial charge on any atom is 0.119 e. The smallest absolute Gasteiger partial charge is 0.119 e. The number of hydrogen-bond acceptors (Lipinski definition) is 4. The van der Waals surface area contributed by atoms with Gasteiger partial charge >= 0.3 is 0 Å². The third-order valence-electron chi connectivity index (χ3n) is 4.06. The predicted octanol–water partition coefficient (Wildman–Crippen LogP) is 4.06. The zero-order chi connectivity index (χ0) is 15.5. The molecule has 2 atom stereocenters. The van der Waals surface area contributed by atoms with Gasteiger partial charge in [0.25, 0.3) is 0 Å². The first kappa shape index (κ1) is 14.6. The first-order valence-electron chi connectivity index (χ1n) is 7.54. The van der Waals surface area contributed by atoms with Crippen molar-refractivity contribution in [2.75, 3.05) is 24.9 Å². The fourth-order valence-electron chi connectivity index (χ4n) is 2.92. The van der Waals surface area contributed by atoms with Gasteiger partial charge in [-0.05, 0) is 55.8 Å². The number of benzene rings is 2. The van der Waals surface area contributed by atoms with Gasteiger partial charge in [-0.3, -0.25) is 0 Å². The number of hydrogen-bond donors (Lipinski definition) is 2. The molecule has 2 aromatic rings. The number of ether oxygens (including phenoxy) is 2. The molecule has 1 aliphatic rings. The van der Waals surface area contributed by atoms with Gasteiger partial charge < -0.3 is 20.1 Å². The van der Waals surface area contributed by atoms with E-state index in [1.54, 1.807) is 14.2 Å². The first-order chi connectivity index (χ1) is 10.7. The maximum atomic E-state index is 5.36. The second-order valence-electron chi connectivity index (χ2n) is 5.66. The van der Waals surface area contributed by atoms with Crippen LogP contribution >= 0.6 is 0 Å². The van der Waals surface area contributed by atoms with Crippen molar-refractivity contribution in [2.45, 2.75) is 25.4 Å². The largest absolute Gasteiger partial charge is 0.497 e. The molecule has 0 fully saturated rings. The van der Waals surface area contributed by atoms with Gasteiger partial charge in [0, 0.05) is 23.0 Å². The summed E-state index contributed by atoms with van der Waals surface area (Å²) >= 11 is 0. The second-order valence-corrected chi connectivity index (χ2v) is 5.66. The lowest BCUT2D eigenvalue weighted by Gasteiger charge is -2.32. The Morgan fingerprint density at radius 3 is 2.36 bits per heavy atom. The van der Waals surface area contributed by atoms with Crippen molar-refractivity contribution in [3.05, 3.63) is 48.0 Å². The summed E-state index contributed by atoms with van der Waals surface area (Å²) in [5.74, 6) is 1.75. The molecule has 1 aliphatic heterocycles. The van der Waals surface area contributed by atoms with Gasteiger partial charge in [-0.15, -0.1) is 0 Å². The molecule has 0 aliphatic carbocycles. The highest BCUT2D eigenvalue weighted by molar-refractivity contribution is 5.61. The van der Waals surface area contributed by atoms with Gasteiger partial charge in [-0.25, -0.2) is 0 Å². The van der Waals surface area contributed by atoms with Gasteiger partial charge in [-0.2, -0.15) is 0 Å². The Labute approximate surface area is 131 Å². The van der Waals surface area contributed by atoms with Crippen LogP contribution in [0.25, 0.3) is 0 Å². The average molecular weight is 298 g/mol. The van der Waals surface area contributed by atoms with Crippen LogP contribution in [0.1, 0.15) is 24.9 Å². The van der Waals surface area contributed by atoms with Crippen LogP contribution in [0.2, 0.25) is 0 Å². The summed E-state index contributed by atoms with van der Waals surface area (Å²) in [6.45, 7) is 2.20. The monoisotopic (exact) mass is 298 g/mol. The van der Waals surface area contributed by atoms with Crippen molar-refractivity contribution < 1.29 is 9.47 Å². The number of methoxy groups -OCH3 is 2. The molecule has 4 nitrogen and oxygen atoms in total. The maximum absolute atomic E-state index is 5.36. The molecule has 0 amide bonds. The summed E-state index contributed by atoms with van der Waals surface area (Å²) in [5, 5.41) is 7.15. The normalized spacial score (nSPS) is 19.8. The Morgan fingerprint density at radius 2 is 1.68 bits per heavy atom. The van der Waals surface area contributed by atoms with Crippen LogP contribution in [0.4, 0.5) is 11.4 Å². The van der Waals surface area contributed by atoms with E-state index in [1.807, 2.05) is 30.3 Å². The molecule has 0 radical (unpaired) electrons. The summed E-state index contributed by atoms with van der Waals surface area (Å²) in [6, 6.07) is 14.9. The van der Waals surface area contributed by atoms with E-state index in [0.29, 0.717) is 6.04 Å². The molecule has 2 N–H and O–H groups in total. The Balaban J connectivity index is 1.87. The second kappa shape index (κ2) is 6.18. The van der Waals surface area contributed by atoms with E-state index in [1.165, 1.54) is 11.3 Å². The molecule has 3 rings (SSSR count). The quantitative estimate of drug-likeness (QED) is 0.893. The first-order valence-corrected chi connectivity index (χ1v) is 7.54. The molecule has 0 saturated carbocycles. The van der Waals surface area contributed by atoms with Gasteiger partial charge in [-0.1, -0.05) is 0 Å². The van der Waals surface area contributed by atoms with Crippen molar-refractivity contribution in [1.82, 2.24) is 0 Å². The third kappa shape index (κ3) is 2.96. The van der Waals surface area contributed by atoms with Crippen LogP contribution in [0.5, 0.6) is 11.5 Å². The van der Waals surface area contributed by atoms with Crippen molar-refractivity contribution >= 4 is 11.4 Å². The molecule has 116 valence electrons. The van der Waals surface area contributed by atoms with Crippen molar-refractivity contribution in [3.63, 3.8) is 0 Å². The topological polar surface area (TPSA) is 42.5 Å². The van der Waals surface area contributed by atoms with Crippen LogP contribution in [-0.2, 0) is 0 Å². The van der Waals surface area contributed by atoms with E-state index < -0.39 is 0 Å². The Kier molecular flexibility index (Phi) is 4.09. The number of fused-ring (bicyclic) bond motifs is 1. The van der Waals surface area contributed by atoms with Gasteiger partial charge in [0.15, 0.2) is 0 Å². The van der Waals surface area contributed by atoms with E-state index in [2.05, 4.69) is 29.7 Å². The molecule has 22 heavy (non-hydrogen) atoms. The molecule has 0 bridgehead atoms. The highest BCUT2D eigenvalue weighted by Crippen LogP contribution is 2.37. The van der Waals surface area contributed by atoms with E-state index in [0.717, 1.165) is 23.6 Å². The number of nitrogens with one attached hydrogen (secondary N) is 2. The summed E-state index contributed by atoms with van der Waals surface area (Å²) < 4.78 is 10.6. The number of anilines is 2. The minimum absolute atomic E-state index is 0.259. The predicted molar refractivity (Wildman–Crippen MR) is 90.1 cm³/mol. The van der Waals surface area contributed by atoms with Crippen LogP contribution < -0.4 is 20.1 Å². The lowest BCUT2D eigenvalue weighted by Crippen LogP contribution is -2.28. The Morgan fingerprint density at radius 1 is 1.00 bits per heavy atom. The fourth-order valence-corrected chi connectivity index (χ4v) is 2.92. The van der Waals surface area contributed by atoms with Crippen LogP contribution in [-0.4, -0.2) is 20.3 Å². The lowest BCUT2D eigenvalue weighted by molar-refractivity contribution is 0.413. The standard InChI is InChI=1S/C18H22N2O2/c1-12-10-18(20-13-4-6-14(21-2)7-5-13)16-11-15(22-3)8-9-17(16)19-12/h4-9,11-12,18-20H,10H2,1-3H3/t12-,18-/m1/s1. The van der Waals surface area contributed by atoms with Gasteiger partial charge in [0.2, 0.25) is 0 Å².